The summed E-state index contributed by atoms with van der Waals surface area (Å²) in [6.07, 6.45) is 9.13. The zero-order chi connectivity index (χ0) is 21.7. The maximum absolute atomic E-state index is 13.5. The number of unbranched alkanes of at least 4 members (excludes halogenated alkanes) is 5. The SMILES string of the molecule is CCCCCCCCN1C(=O)C(c2ccc(C)cc2C)=C(N2CCCC(C)C2)C1=O. The molecule has 1 aromatic rings. The van der Waals surface area contributed by atoms with Crippen LogP contribution in [0.25, 0.3) is 5.57 Å². The normalized spacial score (nSPS) is 19.9. The second-order valence-corrected chi connectivity index (χ2v) is 9.27. The monoisotopic (exact) mass is 410 g/mol. The Bertz CT molecular complexity index is 811. The lowest BCUT2D eigenvalue weighted by Crippen LogP contribution is -2.39. The van der Waals surface area contributed by atoms with Crippen molar-refractivity contribution >= 4 is 17.4 Å². The summed E-state index contributed by atoms with van der Waals surface area (Å²) in [7, 11) is 0. The van der Waals surface area contributed by atoms with Gasteiger partial charge in [-0.15, -0.1) is 0 Å². The molecule has 1 fully saturated rings. The van der Waals surface area contributed by atoms with Gasteiger partial charge in [-0.25, -0.2) is 0 Å². The summed E-state index contributed by atoms with van der Waals surface area (Å²) in [5, 5.41) is 0. The topological polar surface area (TPSA) is 40.6 Å². The number of hydrogen-bond acceptors (Lipinski definition) is 3. The molecular weight excluding hydrogens is 372 g/mol. The third kappa shape index (κ3) is 4.96. The molecule has 1 atom stereocenters. The summed E-state index contributed by atoms with van der Waals surface area (Å²) in [6, 6.07) is 6.17. The average molecular weight is 411 g/mol. The average Bonchev–Trinajstić information content (AvgIpc) is 2.95. The van der Waals surface area contributed by atoms with Crippen LogP contribution in [0.15, 0.2) is 23.9 Å². The van der Waals surface area contributed by atoms with Crippen molar-refractivity contribution in [3.8, 4) is 0 Å². The smallest absolute Gasteiger partial charge is 0.277 e. The number of nitrogens with zero attached hydrogens (tertiary/aromatic N) is 2. The van der Waals surface area contributed by atoms with E-state index in [1.165, 1.54) is 42.6 Å². The van der Waals surface area contributed by atoms with Crippen LogP contribution in [0.2, 0.25) is 0 Å². The largest absolute Gasteiger partial charge is 0.366 e. The lowest BCUT2D eigenvalue weighted by atomic mass is 9.95. The Morgan fingerprint density at radius 1 is 1.00 bits per heavy atom. The van der Waals surface area contributed by atoms with Crippen LogP contribution >= 0.6 is 0 Å². The number of hydrogen-bond donors (Lipinski definition) is 0. The second-order valence-electron chi connectivity index (χ2n) is 9.27. The number of amides is 2. The molecule has 0 aliphatic carbocycles. The van der Waals surface area contributed by atoms with Crippen LogP contribution in [0.5, 0.6) is 0 Å². The summed E-state index contributed by atoms with van der Waals surface area (Å²) in [5.41, 5.74) is 4.42. The first kappa shape index (κ1) is 22.6. The van der Waals surface area contributed by atoms with Gasteiger partial charge in [0.1, 0.15) is 5.70 Å². The van der Waals surface area contributed by atoms with Gasteiger partial charge in [-0.2, -0.15) is 0 Å². The van der Waals surface area contributed by atoms with Gasteiger partial charge in [-0.3, -0.25) is 14.5 Å². The van der Waals surface area contributed by atoms with E-state index < -0.39 is 0 Å². The van der Waals surface area contributed by atoms with Crippen molar-refractivity contribution in [3.05, 3.63) is 40.6 Å². The minimum atomic E-state index is -0.103. The number of benzene rings is 1. The van der Waals surface area contributed by atoms with Crippen LogP contribution in [-0.2, 0) is 9.59 Å². The number of imide groups is 1. The molecule has 0 aromatic heterocycles. The number of carbonyl (C=O) groups is 2. The Balaban J connectivity index is 1.85. The maximum Gasteiger partial charge on any atom is 0.277 e. The van der Waals surface area contributed by atoms with Gasteiger partial charge in [0.15, 0.2) is 0 Å². The Morgan fingerprint density at radius 2 is 1.73 bits per heavy atom. The molecular formula is C26H38N2O2. The van der Waals surface area contributed by atoms with Crippen molar-refractivity contribution in [2.45, 2.75) is 79.1 Å². The first-order valence-electron chi connectivity index (χ1n) is 11.9. The predicted octanol–water partition coefficient (Wildman–Crippen LogP) is 5.48. The molecule has 0 N–H and O–H groups in total. The lowest BCUT2D eigenvalue weighted by molar-refractivity contribution is -0.137. The molecule has 4 heteroatoms. The molecule has 2 aliphatic heterocycles. The van der Waals surface area contributed by atoms with E-state index in [2.05, 4.69) is 31.7 Å². The van der Waals surface area contributed by atoms with E-state index in [1.807, 2.05) is 19.1 Å². The predicted molar refractivity (Wildman–Crippen MR) is 123 cm³/mol. The molecule has 4 nitrogen and oxygen atoms in total. The highest BCUT2D eigenvalue weighted by Crippen LogP contribution is 2.35. The van der Waals surface area contributed by atoms with Gasteiger partial charge in [-0.1, -0.05) is 69.7 Å². The van der Waals surface area contributed by atoms with Crippen LogP contribution in [0.3, 0.4) is 0 Å². The van der Waals surface area contributed by atoms with Gasteiger partial charge in [0.25, 0.3) is 11.8 Å². The Kier molecular flexibility index (Phi) is 7.74. The van der Waals surface area contributed by atoms with Crippen LogP contribution in [0, 0.1) is 19.8 Å². The lowest BCUT2D eigenvalue weighted by Gasteiger charge is -2.33. The van der Waals surface area contributed by atoms with Crippen molar-refractivity contribution in [1.29, 1.82) is 0 Å². The van der Waals surface area contributed by atoms with Gasteiger partial charge >= 0.3 is 0 Å². The molecule has 30 heavy (non-hydrogen) atoms. The highest BCUT2D eigenvalue weighted by atomic mass is 16.2. The summed E-state index contributed by atoms with van der Waals surface area (Å²) in [6.45, 7) is 10.8. The highest BCUT2D eigenvalue weighted by molar-refractivity contribution is 6.35. The quantitative estimate of drug-likeness (QED) is 0.400. The fourth-order valence-corrected chi connectivity index (χ4v) is 4.84. The van der Waals surface area contributed by atoms with Gasteiger partial charge in [0.2, 0.25) is 0 Å². The number of carbonyl (C=O) groups excluding carboxylic acids is 2. The van der Waals surface area contributed by atoms with Crippen LogP contribution in [0.4, 0.5) is 0 Å². The fraction of sp³-hybridized carbons (Fsp3) is 0.615. The standard InChI is InChI=1S/C26H38N2O2/c1-5-6-7-8-9-10-16-28-25(29)23(22-14-13-19(2)17-21(22)4)24(26(28)30)27-15-11-12-20(3)18-27/h13-14,17,20H,5-12,15-16,18H2,1-4H3. The summed E-state index contributed by atoms with van der Waals surface area (Å²) in [4.78, 5) is 30.6. The van der Waals surface area contributed by atoms with Gasteiger partial charge in [-0.05, 0) is 50.2 Å². The number of rotatable bonds is 9. The van der Waals surface area contributed by atoms with Crippen molar-refractivity contribution in [2.75, 3.05) is 19.6 Å². The third-order valence-electron chi connectivity index (χ3n) is 6.50. The molecule has 2 aliphatic rings. The van der Waals surface area contributed by atoms with Gasteiger partial charge in [0.05, 0.1) is 5.57 Å². The summed E-state index contributed by atoms with van der Waals surface area (Å²) >= 11 is 0. The van der Waals surface area contributed by atoms with E-state index in [0.29, 0.717) is 23.7 Å². The fourth-order valence-electron chi connectivity index (χ4n) is 4.84. The molecule has 2 amide bonds. The molecule has 3 rings (SSSR count). The summed E-state index contributed by atoms with van der Waals surface area (Å²) < 4.78 is 0. The molecule has 1 unspecified atom stereocenters. The minimum Gasteiger partial charge on any atom is -0.366 e. The Morgan fingerprint density at radius 3 is 2.43 bits per heavy atom. The zero-order valence-corrected chi connectivity index (χ0v) is 19.3. The second kappa shape index (κ2) is 10.3. The van der Waals surface area contributed by atoms with Crippen LogP contribution < -0.4 is 0 Å². The van der Waals surface area contributed by atoms with E-state index in [9.17, 15) is 9.59 Å². The first-order chi connectivity index (χ1) is 14.4. The van der Waals surface area contributed by atoms with Crippen molar-refractivity contribution < 1.29 is 9.59 Å². The van der Waals surface area contributed by atoms with Crippen LogP contribution in [0.1, 0.15) is 81.9 Å². The van der Waals surface area contributed by atoms with E-state index in [4.69, 9.17) is 0 Å². The molecule has 0 saturated carbocycles. The van der Waals surface area contributed by atoms with E-state index in [0.717, 1.165) is 43.5 Å². The Hall–Kier alpha value is -2.10. The molecule has 0 bridgehead atoms. The van der Waals surface area contributed by atoms with Gasteiger partial charge < -0.3 is 4.90 Å². The highest BCUT2D eigenvalue weighted by Gasteiger charge is 2.42. The van der Waals surface area contributed by atoms with E-state index in [1.54, 1.807) is 0 Å². The van der Waals surface area contributed by atoms with Crippen molar-refractivity contribution in [3.63, 3.8) is 0 Å². The van der Waals surface area contributed by atoms with E-state index >= 15 is 0 Å². The maximum atomic E-state index is 13.5. The molecule has 1 aromatic carbocycles. The molecule has 164 valence electrons. The molecule has 0 radical (unpaired) electrons. The zero-order valence-electron chi connectivity index (χ0n) is 19.3. The molecule has 1 saturated heterocycles. The van der Waals surface area contributed by atoms with E-state index in [-0.39, 0.29) is 11.8 Å². The summed E-state index contributed by atoms with van der Waals surface area (Å²) in [5.74, 6) is 0.355. The van der Waals surface area contributed by atoms with Crippen molar-refractivity contribution in [1.82, 2.24) is 9.80 Å². The molecule has 2 heterocycles. The number of piperidine rings is 1. The number of aryl methyl sites for hydroxylation is 2. The van der Waals surface area contributed by atoms with Gasteiger partial charge in [0, 0.05) is 19.6 Å². The molecule has 0 spiro atoms. The Labute approximate surface area is 182 Å². The van der Waals surface area contributed by atoms with Crippen molar-refractivity contribution in [2.24, 2.45) is 5.92 Å². The third-order valence-corrected chi connectivity index (χ3v) is 6.50. The first-order valence-corrected chi connectivity index (χ1v) is 11.9. The number of likely N-dealkylation sites (tertiary alicyclic amines) is 1. The minimum absolute atomic E-state index is 0.0855. The van der Waals surface area contributed by atoms with Crippen LogP contribution in [-0.4, -0.2) is 41.2 Å².